The summed E-state index contributed by atoms with van der Waals surface area (Å²) in [5.74, 6) is 0. The number of hydrogen-bond acceptors (Lipinski definition) is 0. The summed E-state index contributed by atoms with van der Waals surface area (Å²) >= 11 is 0. The maximum Gasteiger partial charge on any atom is 0 e. The maximum absolute atomic E-state index is 2.25. The van der Waals surface area contributed by atoms with Gasteiger partial charge < -0.3 is 0 Å². The maximum atomic E-state index is 2.25. The van der Waals surface area contributed by atoms with Crippen LogP contribution in [0.1, 0.15) is 0 Å². The van der Waals surface area contributed by atoms with Gasteiger partial charge in [-0.2, -0.15) is 0 Å². The molecular weight excluding hydrogens is 263 g/mol. The van der Waals surface area contributed by atoms with Crippen LogP contribution in [0.5, 0.6) is 0 Å². The smallest absolute Gasteiger partial charge is 0 e. The summed E-state index contributed by atoms with van der Waals surface area (Å²) in [4.78, 5) is 0. The van der Waals surface area contributed by atoms with Gasteiger partial charge in [0, 0.05) is 29.6 Å². The van der Waals surface area contributed by atoms with Gasteiger partial charge in [-0.25, -0.2) is 0 Å². The second kappa shape index (κ2) is 4.71. The molecule has 0 heterocycles. The largest absolute Gasteiger partial charge is 0.0610 e. The summed E-state index contributed by atoms with van der Waals surface area (Å²) in [5, 5.41) is 10.9. The van der Waals surface area contributed by atoms with Gasteiger partial charge in [0.1, 0.15) is 0 Å². The van der Waals surface area contributed by atoms with E-state index in [1.807, 2.05) is 0 Å². The van der Waals surface area contributed by atoms with Crippen LogP contribution in [0.15, 0.2) is 72.8 Å². The molecule has 1 radical (unpaired) electrons. The Bertz CT molecular complexity index is 923. The quantitative estimate of drug-likeness (QED) is 0.203. The molecule has 0 aliphatic rings. The van der Waals surface area contributed by atoms with Crippen LogP contribution in [-0.2, 0) is 0 Å². The van der Waals surface area contributed by atoms with Crippen molar-refractivity contribution >= 4 is 72.6 Å². The Kier molecular flexibility index (Phi) is 2.93. The van der Waals surface area contributed by atoms with Crippen molar-refractivity contribution < 1.29 is 0 Å². The normalized spacial score (nSPS) is 11.4. The van der Waals surface area contributed by atoms with Crippen LogP contribution in [0.4, 0.5) is 0 Å². The monoisotopic (exact) mass is 275 g/mol. The van der Waals surface area contributed by atoms with Gasteiger partial charge >= 0.3 is 0 Å². The molecule has 0 nitrogen and oxygen atoms in total. The molecular formula is C20H12Na. The Hall–Kier alpha value is -1.60. The molecule has 0 unspecified atom stereocenters. The van der Waals surface area contributed by atoms with E-state index >= 15 is 0 Å². The van der Waals surface area contributed by atoms with E-state index in [0.29, 0.717) is 0 Å². The Labute approximate surface area is 145 Å². The first-order valence-corrected chi connectivity index (χ1v) is 6.98. The molecule has 21 heavy (non-hydrogen) atoms. The van der Waals surface area contributed by atoms with E-state index in [1.165, 1.54) is 43.1 Å². The van der Waals surface area contributed by atoms with Crippen LogP contribution in [-0.4, -0.2) is 29.6 Å². The second-order valence-electron chi connectivity index (χ2n) is 5.42. The second-order valence-corrected chi connectivity index (χ2v) is 5.42. The molecule has 5 rings (SSSR count). The molecule has 0 atom stereocenters. The average Bonchev–Trinajstić information content (AvgIpc) is 2.52. The molecule has 0 spiro atoms. The van der Waals surface area contributed by atoms with Gasteiger partial charge in [0.25, 0.3) is 0 Å². The average molecular weight is 275 g/mol. The predicted octanol–water partition coefficient (Wildman–Crippen LogP) is 5.36. The minimum Gasteiger partial charge on any atom is -0.0610 e. The van der Waals surface area contributed by atoms with Crippen molar-refractivity contribution in [1.29, 1.82) is 0 Å². The Balaban J connectivity index is 0.00000115. The molecule has 0 aliphatic carbocycles. The molecule has 0 saturated carbocycles. The van der Waals surface area contributed by atoms with Crippen molar-refractivity contribution in [2.45, 2.75) is 0 Å². The van der Waals surface area contributed by atoms with Gasteiger partial charge in [-0.3, -0.25) is 0 Å². The van der Waals surface area contributed by atoms with Crippen LogP contribution in [0.2, 0.25) is 0 Å². The molecule has 0 amide bonds. The molecule has 0 saturated heterocycles. The summed E-state index contributed by atoms with van der Waals surface area (Å²) in [5.41, 5.74) is 0. The van der Waals surface area contributed by atoms with E-state index in [-0.39, 0.29) is 29.6 Å². The zero-order valence-corrected chi connectivity index (χ0v) is 13.9. The molecule has 0 fully saturated rings. The molecule has 93 valence electrons. The van der Waals surface area contributed by atoms with Crippen molar-refractivity contribution in [2.75, 3.05) is 0 Å². The molecule has 0 aliphatic heterocycles. The summed E-state index contributed by atoms with van der Waals surface area (Å²) in [6, 6.07) is 26.4. The van der Waals surface area contributed by atoms with Crippen LogP contribution in [0.3, 0.4) is 0 Å². The van der Waals surface area contributed by atoms with Crippen molar-refractivity contribution in [3.8, 4) is 0 Å². The van der Waals surface area contributed by atoms with Crippen molar-refractivity contribution in [2.24, 2.45) is 0 Å². The van der Waals surface area contributed by atoms with E-state index < -0.39 is 0 Å². The molecule has 5 aromatic carbocycles. The first-order valence-electron chi connectivity index (χ1n) is 6.98. The Morgan fingerprint density at radius 1 is 0.381 bits per heavy atom. The van der Waals surface area contributed by atoms with Gasteiger partial charge in [0.15, 0.2) is 0 Å². The summed E-state index contributed by atoms with van der Waals surface area (Å²) in [6.45, 7) is 0. The molecule has 0 aromatic heterocycles. The fourth-order valence-electron chi connectivity index (χ4n) is 3.58. The van der Waals surface area contributed by atoms with Gasteiger partial charge in [-0.05, 0) is 43.1 Å². The fraction of sp³-hybridized carbons (Fsp3) is 0. The first-order chi connectivity index (χ1) is 9.93. The van der Waals surface area contributed by atoms with Crippen LogP contribution in [0, 0.1) is 0 Å². The number of fused-ring (bicyclic) bond motifs is 2. The van der Waals surface area contributed by atoms with E-state index in [1.54, 1.807) is 0 Å². The van der Waals surface area contributed by atoms with Crippen LogP contribution < -0.4 is 0 Å². The van der Waals surface area contributed by atoms with Gasteiger partial charge in [0.05, 0.1) is 0 Å². The Morgan fingerprint density at radius 3 is 0.952 bits per heavy atom. The Morgan fingerprint density at radius 2 is 0.667 bits per heavy atom. The van der Waals surface area contributed by atoms with Crippen molar-refractivity contribution in [1.82, 2.24) is 0 Å². The first kappa shape index (κ1) is 13.1. The summed E-state index contributed by atoms with van der Waals surface area (Å²) < 4.78 is 0. The zero-order chi connectivity index (χ0) is 13.1. The van der Waals surface area contributed by atoms with Gasteiger partial charge in [0.2, 0.25) is 0 Å². The third-order valence-corrected chi connectivity index (χ3v) is 4.39. The summed E-state index contributed by atoms with van der Waals surface area (Å²) in [6.07, 6.45) is 0. The van der Waals surface area contributed by atoms with Crippen LogP contribution >= 0.6 is 0 Å². The molecule has 0 N–H and O–H groups in total. The number of rotatable bonds is 0. The molecule has 1 heteroatoms. The zero-order valence-electron chi connectivity index (χ0n) is 11.9. The number of hydrogen-bond donors (Lipinski definition) is 0. The van der Waals surface area contributed by atoms with Crippen molar-refractivity contribution in [3.05, 3.63) is 72.8 Å². The molecule has 0 bridgehead atoms. The third kappa shape index (κ3) is 1.67. The predicted molar refractivity (Wildman–Crippen MR) is 93.4 cm³/mol. The SMILES string of the molecule is [Na].c1cc2cccc3c4cccc5cccc(c(c1)c23)c54. The number of benzene rings is 5. The van der Waals surface area contributed by atoms with E-state index in [2.05, 4.69) is 72.8 Å². The summed E-state index contributed by atoms with van der Waals surface area (Å²) in [7, 11) is 0. The van der Waals surface area contributed by atoms with E-state index in [4.69, 9.17) is 0 Å². The fourth-order valence-corrected chi connectivity index (χ4v) is 3.58. The third-order valence-electron chi connectivity index (χ3n) is 4.39. The van der Waals surface area contributed by atoms with Crippen LogP contribution in [0.25, 0.3) is 43.1 Å². The van der Waals surface area contributed by atoms with Crippen molar-refractivity contribution in [3.63, 3.8) is 0 Å². The minimum atomic E-state index is 0. The topological polar surface area (TPSA) is 0 Å². The van der Waals surface area contributed by atoms with E-state index in [9.17, 15) is 0 Å². The minimum absolute atomic E-state index is 0. The van der Waals surface area contributed by atoms with Gasteiger partial charge in [-0.1, -0.05) is 72.8 Å². The van der Waals surface area contributed by atoms with E-state index in [0.717, 1.165) is 0 Å². The molecule has 5 aromatic rings. The standard InChI is InChI=1S/C20H12.Na/c1-5-13-6-2-11-17-18-12-4-8-14-7-3-10-16(20(14)18)15(9-1)19(13)17;/h1-12H;. The van der Waals surface area contributed by atoms with Gasteiger partial charge in [-0.15, -0.1) is 0 Å².